The molecule has 2 aliphatic rings. The highest BCUT2D eigenvalue weighted by Gasteiger charge is 2.45. The average molecular weight is 271 g/mol. The van der Waals surface area contributed by atoms with Crippen LogP contribution in [0.25, 0.3) is 0 Å². The first kappa shape index (κ1) is 12.4. The minimum atomic E-state index is -0.955. The van der Waals surface area contributed by atoms with E-state index in [4.69, 9.17) is 17.6 Å². The molecular weight excluding hydrogens is 258 g/mol. The summed E-state index contributed by atoms with van der Waals surface area (Å²) in [7, 11) is 3.56. The van der Waals surface area contributed by atoms with Crippen LogP contribution >= 0.6 is 24.0 Å². The Bertz CT molecular complexity index is 445. The first-order chi connectivity index (χ1) is 7.91. The molecule has 0 aromatic heterocycles. The van der Waals surface area contributed by atoms with Crippen LogP contribution in [0, 0.1) is 5.41 Å². The molecule has 5 nitrogen and oxygen atoms in total. The Hall–Kier alpha value is -1.08. The molecule has 2 heterocycles. The van der Waals surface area contributed by atoms with Crippen LogP contribution in [0.3, 0.4) is 0 Å². The second-order valence-corrected chi connectivity index (χ2v) is 5.88. The SMILES string of the molecule is CN(C)C(=N)CC1=C(C(=O)O)N2C(=S)C[C@@H]2S1. The lowest BCUT2D eigenvalue weighted by Gasteiger charge is -2.37. The van der Waals surface area contributed by atoms with Crippen LogP contribution in [0.1, 0.15) is 12.8 Å². The van der Waals surface area contributed by atoms with Crippen molar-refractivity contribution in [3.63, 3.8) is 0 Å². The zero-order valence-electron chi connectivity index (χ0n) is 9.56. The molecule has 0 radical (unpaired) electrons. The van der Waals surface area contributed by atoms with Gasteiger partial charge in [-0.3, -0.25) is 5.41 Å². The molecule has 2 aliphatic heterocycles. The van der Waals surface area contributed by atoms with Crippen molar-refractivity contribution in [3.05, 3.63) is 10.6 Å². The normalized spacial score (nSPS) is 22.4. The van der Waals surface area contributed by atoms with Crippen molar-refractivity contribution in [2.24, 2.45) is 0 Å². The van der Waals surface area contributed by atoms with Crippen LogP contribution < -0.4 is 0 Å². The van der Waals surface area contributed by atoms with Crippen molar-refractivity contribution in [2.75, 3.05) is 14.1 Å². The third kappa shape index (κ3) is 2.04. The lowest BCUT2D eigenvalue weighted by molar-refractivity contribution is -0.134. The molecule has 2 rings (SSSR count). The number of amidine groups is 1. The van der Waals surface area contributed by atoms with Gasteiger partial charge in [-0.05, 0) is 0 Å². The minimum absolute atomic E-state index is 0.138. The predicted molar refractivity (Wildman–Crippen MR) is 71.1 cm³/mol. The van der Waals surface area contributed by atoms with Gasteiger partial charge in [-0.1, -0.05) is 12.2 Å². The molecule has 92 valence electrons. The lowest BCUT2D eigenvalue weighted by atomic mass is 10.1. The van der Waals surface area contributed by atoms with Gasteiger partial charge in [0.05, 0.1) is 10.4 Å². The highest BCUT2D eigenvalue weighted by molar-refractivity contribution is 8.04. The van der Waals surface area contributed by atoms with Crippen LogP contribution in [0.5, 0.6) is 0 Å². The van der Waals surface area contributed by atoms with Gasteiger partial charge < -0.3 is 14.9 Å². The second kappa shape index (κ2) is 4.30. The molecule has 17 heavy (non-hydrogen) atoms. The van der Waals surface area contributed by atoms with Crippen molar-refractivity contribution in [1.82, 2.24) is 9.80 Å². The standard InChI is InChI=1S/C10H13N3O2S2/c1-12(2)6(11)3-5-9(10(14)15)13-7(16)4-8(13)17-5/h8,11H,3-4H2,1-2H3,(H,14,15)/t8-/m0/s1. The fourth-order valence-corrected chi connectivity index (χ4v) is 3.74. The van der Waals surface area contributed by atoms with E-state index in [1.807, 2.05) is 0 Å². The van der Waals surface area contributed by atoms with Crippen LogP contribution in [0.2, 0.25) is 0 Å². The van der Waals surface area contributed by atoms with Gasteiger partial charge in [-0.15, -0.1) is 11.8 Å². The number of nitrogens with one attached hydrogen (secondary N) is 1. The zero-order valence-corrected chi connectivity index (χ0v) is 11.2. The van der Waals surface area contributed by atoms with Crippen LogP contribution in [0.4, 0.5) is 0 Å². The fraction of sp³-hybridized carbons (Fsp3) is 0.500. The smallest absolute Gasteiger partial charge is 0.353 e. The summed E-state index contributed by atoms with van der Waals surface area (Å²) in [6, 6.07) is 0. The molecule has 0 aromatic rings. The summed E-state index contributed by atoms with van der Waals surface area (Å²) in [4.78, 5) is 16.0. The molecule has 0 bridgehead atoms. The Balaban J connectivity index is 2.23. The Morgan fingerprint density at radius 2 is 2.35 bits per heavy atom. The summed E-state index contributed by atoms with van der Waals surface area (Å²) in [5, 5.41) is 17.1. The average Bonchev–Trinajstić information content (AvgIpc) is 2.51. The second-order valence-electron chi connectivity index (χ2n) is 4.14. The van der Waals surface area contributed by atoms with Crippen LogP contribution in [-0.4, -0.2) is 51.2 Å². The number of rotatable bonds is 3. The van der Waals surface area contributed by atoms with E-state index in [2.05, 4.69) is 0 Å². The highest BCUT2D eigenvalue weighted by atomic mass is 32.2. The van der Waals surface area contributed by atoms with E-state index < -0.39 is 5.97 Å². The number of hydrogen-bond donors (Lipinski definition) is 2. The quantitative estimate of drug-likeness (QED) is 0.458. The monoisotopic (exact) mass is 271 g/mol. The maximum Gasteiger partial charge on any atom is 0.353 e. The largest absolute Gasteiger partial charge is 0.477 e. The number of carboxylic acids is 1. The topological polar surface area (TPSA) is 67.6 Å². The summed E-state index contributed by atoms with van der Waals surface area (Å²) < 4.78 is 0. The van der Waals surface area contributed by atoms with Crippen molar-refractivity contribution in [2.45, 2.75) is 18.2 Å². The van der Waals surface area contributed by atoms with Gasteiger partial charge in [0.1, 0.15) is 11.5 Å². The van der Waals surface area contributed by atoms with Crippen molar-refractivity contribution < 1.29 is 9.90 Å². The van der Waals surface area contributed by atoms with E-state index in [0.717, 1.165) is 11.3 Å². The number of hydrogen-bond acceptors (Lipinski definition) is 4. The van der Waals surface area contributed by atoms with Gasteiger partial charge >= 0.3 is 5.97 Å². The van der Waals surface area contributed by atoms with E-state index in [9.17, 15) is 9.90 Å². The van der Waals surface area contributed by atoms with Gasteiger partial charge in [-0.25, -0.2) is 4.79 Å². The molecule has 1 atom stereocenters. The zero-order chi connectivity index (χ0) is 12.7. The number of nitrogens with zero attached hydrogens (tertiary/aromatic N) is 2. The van der Waals surface area contributed by atoms with Crippen molar-refractivity contribution >= 4 is 40.8 Å². The molecular formula is C10H13N3O2S2. The first-order valence-electron chi connectivity index (χ1n) is 5.11. The van der Waals surface area contributed by atoms with E-state index in [1.54, 1.807) is 23.9 Å². The molecule has 1 saturated heterocycles. The van der Waals surface area contributed by atoms with Crippen LogP contribution in [0.15, 0.2) is 10.6 Å². The van der Waals surface area contributed by atoms with E-state index in [-0.39, 0.29) is 11.1 Å². The predicted octanol–water partition coefficient (Wildman–Crippen LogP) is 1.32. The fourth-order valence-electron chi connectivity index (χ4n) is 1.76. The molecule has 2 N–H and O–H groups in total. The van der Waals surface area contributed by atoms with E-state index in [0.29, 0.717) is 17.2 Å². The molecule has 0 aromatic carbocycles. The van der Waals surface area contributed by atoms with Gasteiger partial charge in [-0.2, -0.15) is 0 Å². The van der Waals surface area contributed by atoms with Gasteiger partial charge in [0, 0.05) is 31.8 Å². The summed E-state index contributed by atoms with van der Waals surface area (Å²) in [6.07, 6.45) is 1.12. The summed E-state index contributed by atoms with van der Waals surface area (Å²) in [5.74, 6) is -0.553. The molecule has 0 amide bonds. The minimum Gasteiger partial charge on any atom is -0.477 e. The Kier molecular flexibility index (Phi) is 3.13. The van der Waals surface area contributed by atoms with Gasteiger partial charge in [0.15, 0.2) is 0 Å². The van der Waals surface area contributed by atoms with Crippen molar-refractivity contribution in [1.29, 1.82) is 5.41 Å². The Labute approximate surface area is 109 Å². The summed E-state index contributed by atoms with van der Waals surface area (Å²) in [6.45, 7) is 0. The molecule has 0 aliphatic carbocycles. The molecule has 7 heteroatoms. The Morgan fingerprint density at radius 1 is 1.71 bits per heavy atom. The third-order valence-corrected chi connectivity index (χ3v) is 4.39. The number of fused-ring (bicyclic) bond motifs is 1. The first-order valence-corrected chi connectivity index (χ1v) is 6.40. The van der Waals surface area contributed by atoms with E-state index >= 15 is 0 Å². The van der Waals surface area contributed by atoms with Crippen LogP contribution in [-0.2, 0) is 4.79 Å². The molecule has 0 spiro atoms. The highest BCUT2D eigenvalue weighted by Crippen LogP contribution is 2.47. The Morgan fingerprint density at radius 3 is 2.82 bits per heavy atom. The summed E-state index contributed by atoms with van der Waals surface area (Å²) >= 11 is 6.60. The number of thioether (sulfide) groups is 1. The summed E-state index contributed by atoms with van der Waals surface area (Å²) in [5.41, 5.74) is 0.267. The maximum atomic E-state index is 11.2. The number of carbonyl (C=O) groups is 1. The van der Waals surface area contributed by atoms with E-state index in [1.165, 1.54) is 11.8 Å². The number of thiocarbonyl (C=S) groups is 1. The molecule has 0 saturated carbocycles. The molecule has 1 fully saturated rings. The molecule has 0 unspecified atom stereocenters. The third-order valence-electron chi connectivity index (χ3n) is 2.76. The van der Waals surface area contributed by atoms with Gasteiger partial charge in [0.2, 0.25) is 0 Å². The van der Waals surface area contributed by atoms with Gasteiger partial charge in [0.25, 0.3) is 0 Å². The maximum absolute atomic E-state index is 11.2. The number of carboxylic acid groups (broad SMARTS) is 1. The van der Waals surface area contributed by atoms with Crippen molar-refractivity contribution in [3.8, 4) is 0 Å². The lowest BCUT2D eigenvalue weighted by Crippen LogP contribution is -2.47. The number of aliphatic carboxylic acids is 1.